The van der Waals surface area contributed by atoms with E-state index in [4.69, 9.17) is 23.2 Å². The van der Waals surface area contributed by atoms with Crippen LogP contribution in [-0.2, 0) is 10.0 Å². The summed E-state index contributed by atoms with van der Waals surface area (Å²) in [6, 6.07) is 11.8. The number of rotatable bonds is 6. The molecule has 2 rings (SSSR count). The summed E-state index contributed by atoms with van der Waals surface area (Å²) in [6.07, 6.45) is 1.53. The van der Waals surface area contributed by atoms with E-state index in [9.17, 15) is 8.42 Å². The zero-order chi connectivity index (χ0) is 17.9. The van der Waals surface area contributed by atoms with Gasteiger partial charge in [0, 0.05) is 5.02 Å². The van der Waals surface area contributed by atoms with Gasteiger partial charge in [-0.1, -0.05) is 55.3 Å². The highest BCUT2D eigenvalue weighted by atomic mass is 35.5. The molecule has 3 nitrogen and oxygen atoms in total. The molecule has 0 spiro atoms. The molecule has 0 heterocycles. The van der Waals surface area contributed by atoms with E-state index in [1.54, 1.807) is 18.2 Å². The van der Waals surface area contributed by atoms with Crippen molar-refractivity contribution in [3.8, 4) is 0 Å². The van der Waals surface area contributed by atoms with Crippen molar-refractivity contribution in [1.82, 2.24) is 0 Å². The number of benzene rings is 2. The van der Waals surface area contributed by atoms with Crippen molar-refractivity contribution >= 4 is 38.9 Å². The molecule has 0 atom stereocenters. The molecule has 2 aromatic carbocycles. The fourth-order valence-corrected chi connectivity index (χ4v) is 4.45. The highest BCUT2D eigenvalue weighted by Gasteiger charge is 2.26. The molecule has 0 saturated carbocycles. The Morgan fingerprint density at radius 1 is 1.12 bits per heavy atom. The van der Waals surface area contributed by atoms with E-state index in [2.05, 4.69) is 20.4 Å². The van der Waals surface area contributed by atoms with Crippen LogP contribution in [0, 0.1) is 0 Å². The van der Waals surface area contributed by atoms with Crippen LogP contribution in [0.3, 0.4) is 0 Å². The van der Waals surface area contributed by atoms with Crippen molar-refractivity contribution in [2.75, 3.05) is 10.8 Å². The van der Waals surface area contributed by atoms with Crippen molar-refractivity contribution < 1.29 is 8.42 Å². The minimum atomic E-state index is -3.86. The topological polar surface area (TPSA) is 37.4 Å². The van der Waals surface area contributed by atoms with Gasteiger partial charge in [0.15, 0.2) is 0 Å². The second-order valence-corrected chi connectivity index (χ2v) is 8.32. The Labute approximate surface area is 153 Å². The summed E-state index contributed by atoms with van der Waals surface area (Å²) < 4.78 is 27.4. The summed E-state index contributed by atoms with van der Waals surface area (Å²) in [7, 11) is -3.86. The van der Waals surface area contributed by atoms with E-state index in [-0.39, 0.29) is 16.5 Å². The van der Waals surface area contributed by atoms with Gasteiger partial charge in [0.1, 0.15) is 4.90 Å². The van der Waals surface area contributed by atoms with Crippen molar-refractivity contribution in [3.63, 3.8) is 0 Å². The molecule has 0 saturated heterocycles. The van der Waals surface area contributed by atoms with Gasteiger partial charge in [-0.25, -0.2) is 8.42 Å². The molecule has 6 heteroatoms. The van der Waals surface area contributed by atoms with Crippen LogP contribution < -0.4 is 4.31 Å². The van der Waals surface area contributed by atoms with Crippen LogP contribution in [0.2, 0.25) is 10.0 Å². The van der Waals surface area contributed by atoms with Gasteiger partial charge in [0.05, 0.1) is 17.3 Å². The lowest BCUT2D eigenvalue weighted by atomic mass is 10.0. The molecular weight excluding hydrogens is 365 g/mol. The molecule has 0 radical (unpaired) electrons. The minimum Gasteiger partial charge on any atom is -0.262 e. The molecular formula is C18H19Cl2NO2S. The second kappa shape index (κ2) is 7.60. The van der Waals surface area contributed by atoms with Gasteiger partial charge in [-0.05, 0) is 41.8 Å². The third kappa shape index (κ3) is 3.94. The van der Waals surface area contributed by atoms with Crippen molar-refractivity contribution in [2.24, 2.45) is 0 Å². The number of anilines is 1. The first-order valence-electron chi connectivity index (χ1n) is 7.46. The van der Waals surface area contributed by atoms with Gasteiger partial charge < -0.3 is 0 Å². The Kier molecular flexibility index (Phi) is 5.97. The Morgan fingerprint density at radius 2 is 1.75 bits per heavy atom. The predicted molar refractivity (Wildman–Crippen MR) is 102 cm³/mol. The zero-order valence-corrected chi connectivity index (χ0v) is 15.9. The Balaban J connectivity index is 2.53. The van der Waals surface area contributed by atoms with Crippen LogP contribution in [0.25, 0.3) is 0 Å². The lowest BCUT2D eigenvalue weighted by molar-refractivity contribution is 0.593. The largest absolute Gasteiger partial charge is 0.266 e. The van der Waals surface area contributed by atoms with Gasteiger partial charge in [-0.15, -0.1) is 6.58 Å². The highest BCUT2D eigenvalue weighted by molar-refractivity contribution is 7.93. The van der Waals surface area contributed by atoms with Crippen LogP contribution >= 0.6 is 23.2 Å². The van der Waals surface area contributed by atoms with E-state index in [1.165, 1.54) is 22.5 Å². The first kappa shape index (κ1) is 18.8. The molecule has 0 N–H and O–H groups in total. The molecule has 128 valence electrons. The van der Waals surface area contributed by atoms with E-state index in [1.807, 2.05) is 12.1 Å². The minimum absolute atomic E-state index is 0.0218. The van der Waals surface area contributed by atoms with Gasteiger partial charge in [0.25, 0.3) is 10.0 Å². The van der Waals surface area contributed by atoms with Gasteiger partial charge >= 0.3 is 0 Å². The first-order valence-corrected chi connectivity index (χ1v) is 9.65. The summed E-state index contributed by atoms with van der Waals surface area (Å²) in [6.45, 7) is 7.95. The van der Waals surface area contributed by atoms with Crippen LogP contribution in [0.15, 0.2) is 60.0 Å². The lowest BCUT2D eigenvalue weighted by Gasteiger charge is -2.24. The second-order valence-electron chi connectivity index (χ2n) is 5.65. The average molecular weight is 384 g/mol. The average Bonchev–Trinajstić information content (AvgIpc) is 2.54. The Bertz CT molecular complexity index is 831. The molecule has 0 bridgehead atoms. The SMILES string of the molecule is C=CCN(c1ccc(C(C)C)cc1)S(=O)(=O)c1cc(Cl)ccc1Cl. The van der Waals surface area contributed by atoms with E-state index in [0.717, 1.165) is 5.56 Å². The molecule has 0 aliphatic rings. The van der Waals surface area contributed by atoms with Gasteiger partial charge in [-0.2, -0.15) is 0 Å². The summed E-state index contributed by atoms with van der Waals surface area (Å²) in [4.78, 5) is -0.0218. The highest BCUT2D eigenvalue weighted by Crippen LogP contribution is 2.31. The van der Waals surface area contributed by atoms with Gasteiger partial charge in [0.2, 0.25) is 0 Å². The number of nitrogens with zero attached hydrogens (tertiary/aromatic N) is 1. The number of hydrogen-bond donors (Lipinski definition) is 0. The molecule has 0 amide bonds. The summed E-state index contributed by atoms with van der Waals surface area (Å²) >= 11 is 12.0. The summed E-state index contributed by atoms with van der Waals surface area (Å²) in [5, 5.41) is 0.443. The van der Waals surface area contributed by atoms with Crippen molar-refractivity contribution in [2.45, 2.75) is 24.7 Å². The zero-order valence-electron chi connectivity index (χ0n) is 13.5. The fourth-order valence-electron chi connectivity index (χ4n) is 2.28. The molecule has 0 aliphatic heterocycles. The monoisotopic (exact) mass is 383 g/mol. The van der Waals surface area contributed by atoms with Crippen LogP contribution in [0.1, 0.15) is 25.3 Å². The lowest BCUT2D eigenvalue weighted by Crippen LogP contribution is -2.31. The Hall–Kier alpha value is -1.49. The van der Waals surface area contributed by atoms with E-state index >= 15 is 0 Å². The third-order valence-electron chi connectivity index (χ3n) is 3.60. The summed E-state index contributed by atoms with van der Waals surface area (Å²) in [5.41, 5.74) is 1.69. The smallest absolute Gasteiger partial charge is 0.262 e. The number of hydrogen-bond acceptors (Lipinski definition) is 2. The first-order chi connectivity index (χ1) is 11.3. The van der Waals surface area contributed by atoms with E-state index in [0.29, 0.717) is 16.6 Å². The quantitative estimate of drug-likeness (QED) is 0.617. The fraction of sp³-hybridized carbons (Fsp3) is 0.222. The van der Waals surface area contributed by atoms with Crippen LogP contribution in [0.5, 0.6) is 0 Å². The van der Waals surface area contributed by atoms with Crippen molar-refractivity contribution in [1.29, 1.82) is 0 Å². The molecule has 0 fully saturated rings. The van der Waals surface area contributed by atoms with Gasteiger partial charge in [-0.3, -0.25) is 4.31 Å². The summed E-state index contributed by atoms with van der Waals surface area (Å²) in [5.74, 6) is 0.367. The standard InChI is InChI=1S/C18H19Cl2NO2S/c1-4-11-21(16-8-5-14(6-9-16)13(2)3)24(22,23)18-12-15(19)7-10-17(18)20/h4-10,12-13H,1,11H2,2-3H3. The molecule has 0 unspecified atom stereocenters. The third-order valence-corrected chi connectivity index (χ3v) is 6.11. The van der Waals surface area contributed by atoms with Crippen molar-refractivity contribution in [3.05, 3.63) is 70.7 Å². The maximum Gasteiger partial charge on any atom is 0.266 e. The van der Waals surface area contributed by atoms with Crippen LogP contribution in [-0.4, -0.2) is 15.0 Å². The molecule has 0 aromatic heterocycles. The number of sulfonamides is 1. The number of halogens is 2. The predicted octanol–water partition coefficient (Wildman–Crippen LogP) is 5.50. The maximum absolute atomic E-state index is 13.0. The Morgan fingerprint density at radius 3 is 2.29 bits per heavy atom. The maximum atomic E-state index is 13.0. The van der Waals surface area contributed by atoms with Crippen LogP contribution in [0.4, 0.5) is 5.69 Å². The molecule has 2 aromatic rings. The molecule has 24 heavy (non-hydrogen) atoms. The molecule has 0 aliphatic carbocycles. The van der Waals surface area contributed by atoms with E-state index < -0.39 is 10.0 Å². The normalized spacial score (nSPS) is 11.5.